The van der Waals surface area contributed by atoms with Gasteiger partial charge in [-0.2, -0.15) is 13.2 Å². The zero-order chi connectivity index (χ0) is 20.4. The smallest absolute Gasteiger partial charge is 0.332 e. The van der Waals surface area contributed by atoms with Gasteiger partial charge in [0.05, 0.1) is 11.6 Å². The van der Waals surface area contributed by atoms with Gasteiger partial charge < -0.3 is 4.90 Å². The SMILES string of the molecule is O=C(c1ccccc1-c1ccc(C(F)(F)F)cc1)N1CCCC1c1ccncc1. The number of nitrogens with zero attached hydrogens (tertiary/aromatic N) is 2. The molecule has 0 N–H and O–H groups in total. The molecule has 3 nitrogen and oxygen atoms in total. The summed E-state index contributed by atoms with van der Waals surface area (Å²) in [4.78, 5) is 19.3. The Bertz CT molecular complexity index is 1000. The van der Waals surface area contributed by atoms with E-state index >= 15 is 0 Å². The number of hydrogen-bond acceptors (Lipinski definition) is 2. The zero-order valence-corrected chi connectivity index (χ0v) is 15.6. The fourth-order valence-electron chi connectivity index (χ4n) is 3.86. The van der Waals surface area contributed by atoms with Crippen LogP contribution in [0.5, 0.6) is 0 Å². The standard InChI is InChI=1S/C23H19F3N2O/c24-23(25,26)18-9-7-16(8-10-18)19-4-1-2-5-20(19)22(29)28-15-3-6-21(28)17-11-13-27-14-12-17/h1-2,4-5,7-14,21H,3,6,15H2. The summed E-state index contributed by atoms with van der Waals surface area (Å²) in [6.45, 7) is 0.646. The van der Waals surface area contributed by atoms with Crippen LogP contribution in [0.1, 0.15) is 40.4 Å². The molecule has 1 aromatic heterocycles. The Hall–Kier alpha value is -3.15. The van der Waals surface area contributed by atoms with Crippen LogP contribution < -0.4 is 0 Å². The number of likely N-dealkylation sites (tertiary alicyclic amines) is 1. The summed E-state index contributed by atoms with van der Waals surface area (Å²) in [7, 11) is 0. The van der Waals surface area contributed by atoms with E-state index in [-0.39, 0.29) is 11.9 Å². The Labute approximate surface area is 166 Å². The van der Waals surface area contributed by atoms with Crippen LogP contribution in [-0.4, -0.2) is 22.3 Å². The summed E-state index contributed by atoms with van der Waals surface area (Å²) in [5.41, 5.74) is 2.04. The van der Waals surface area contributed by atoms with Gasteiger partial charge in [-0.05, 0) is 59.9 Å². The third kappa shape index (κ3) is 3.88. The van der Waals surface area contributed by atoms with E-state index in [1.54, 1.807) is 36.7 Å². The summed E-state index contributed by atoms with van der Waals surface area (Å²) >= 11 is 0. The Morgan fingerprint density at radius 1 is 0.966 bits per heavy atom. The summed E-state index contributed by atoms with van der Waals surface area (Å²) < 4.78 is 38.6. The first-order chi connectivity index (χ1) is 13.9. The predicted octanol–water partition coefficient (Wildman–Crippen LogP) is 5.74. The number of hydrogen-bond donors (Lipinski definition) is 0. The minimum Gasteiger partial charge on any atom is -0.332 e. The number of benzene rings is 2. The minimum atomic E-state index is -4.39. The molecule has 1 saturated heterocycles. The summed E-state index contributed by atoms with van der Waals surface area (Å²) in [5, 5.41) is 0. The van der Waals surface area contributed by atoms with Gasteiger partial charge in [0.25, 0.3) is 5.91 Å². The number of amides is 1. The van der Waals surface area contributed by atoms with Gasteiger partial charge in [0.1, 0.15) is 0 Å². The highest BCUT2D eigenvalue weighted by Gasteiger charge is 2.32. The van der Waals surface area contributed by atoms with Crippen molar-refractivity contribution in [1.29, 1.82) is 0 Å². The topological polar surface area (TPSA) is 33.2 Å². The second-order valence-corrected chi connectivity index (χ2v) is 7.06. The van der Waals surface area contributed by atoms with Crippen LogP contribution >= 0.6 is 0 Å². The van der Waals surface area contributed by atoms with E-state index in [2.05, 4.69) is 4.98 Å². The highest BCUT2D eigenvalue weighted by Crippen LogP contribution is 2.36. The first-order valence-electron chi connectivity index (χ1n) is 9.43. The Morgan fingerprint density at radius 2 is 1.66 bits per heavy atom. The lowest BCUT2D eigenvalue weighted by atomic mass is 9.97. The van der Waals surface area contributed by atoms with Crippen LogP contribution in [0, 0.1) is 0 Å². The van der Waals surface area contributed by atoms with Crippen molar-refractivity contribution in [3.05, 3.63) is 89.7 Å². The van der Waals surface area contributed by atoms with Crippen LogP contribution in [0.15, 0.2) is 73.1 Å². The van der Waals surface area contributed by atoms with Gasteiger partial charge in [0, 0.05) is 24.5 Å². The zero-order valence-electron chi connectivity index (χ0n) is 15.6. The van der Waals surface area contributed by atoms with Gasteiger partial charge in [-0.15, -0.1) is 0 Å². The lowest BCUT2D eigenvalue weighted by Gasteiger charge is -2.26. The molecule has 1 atom stereocenters. The molecule has 4 rings (SSSR count). The Kier molecular flexibility index (Phi) is 5.09. The van der Waals surface area contributed by atoms with Gasteiger partial charge in [-0.25, -0.2) is 0 Å². The molecule has 1 aliphatic heterocycles. The predicted molar refractivity (Wildman–Crippen MR) is 104 cm³/mol. The average molecular weight is 396 g/mol. The summed E-state index contributed by atoms with van der Waals surface area (Å²) in [6, 6.07) is 15.8. The lowest BCUT2D eigenvalue weighted by Crippen LogP contribution is -2.31. The maximum atomic E-state index is 13.4. The van der Waals surface area contributed by atoms with Crippen molar-refractivity contribution in [2.45, 2.75) is 25.1 Å². The molecule has 6 heteroatoms. The highest BCUT2D eigenvalue weighted by atomic mass is 19.4. The minimum absolute atomic E-state index is 0.0221. The normalized spacial score (nSPS) is 16.8. The first-order valence-corrected chi connectivity index (χ1v) is 9.43. The highest BCUT2D eigenvalue weighted by molar-refractivity contribution is 6.01. The molecular formula is C23H19F3N2O. The van der Waals surface area contributed by atoms with E-state index in [1.165, 1.54) is 12.1 Å². The van der Waals surface area contributed by atoms with Crippen molar-refractivity contribution in [1.82, 2.24) is 9.88 Å². The average Bonchev–Trinajstić information content (AvgIpc) is 3.23. The summed E-state index contributed by atoms with van der Waals surface area (Å²) in [5.74, 6) is -0.111. The molecule has 1 amide bonds. The van der Waals surface area contributed by atoms with Crippen molar-refractivity contribution < 1.29 is 18.0 Å². The fraction of sp³-hybridized carbons (Fsp3) is 0.217. The van der Waals surface area contributed by atoms with E-state index in [1.807, 2.05) is 17.0 Å². The molecule has 148 valence electrons. The van der Waals surface area contributed by atoms with Crippen LogP contribution in [0.3, 0.4) is 0 Å². The number of carbonyl (C=O) groups is 1. The van der Waals surface area contributed by atoms with Crippen LogP contribution in [0.2, 0.25) is 0 Å². The molecule has 0 radical (unpaired) electrons. The fourth-order valence-corrected chi connectivity index (χ4v) is 3.86. The number of carbonyl (C=O) groups excluding carboxylic acids is 1. The van der Waals surface area contributed by atoms with Gasteiger partial charge in [0.2, 0.25) is 0 Å². The largest absolute Gasteiger partial charge is 0.416 e. The van der Waals surface area contributed by atoms with Crippen molar-refractivity contribution >= 4 is 5.91 Å². The van der Waals surface area contributed by atoms with Crippen molar-refractivity contribution in [3.63, 3.8) is 0 Å². The quantitative estimate of drug-likeness (QED) is 0.565. The third-order valence-electron chi connectivity index (χ3n) is 5.29. The molecule has 0 spiro atoms. The number of rotatable bonds is 3. The van der Waals surface area contributed by atoms with E-state index in [4.69, 9.17) is 0 Å². The molecule has 1 unspecified atom stereocenters. The van der Waals surface area contributed by atoms with Crippen molar-refractivity contribution in [3.8, 4) is 11.1 Å². The van der Waals surface area contributed by atoms with E-state index < -0.39 is 11.7 Å². The molecule has 2 heterocycles. The second kappa shape index (κ2) is 7.70. The summed E-state index contributed by atoms with van der Waals surface area (Å²) in [6.07, 6.45) is 0.819. The maximum Gasteiger partial charge on any atom is 0.416 e. The molecule has 0 bridgehead atoms. The van der Waals surface area contributed by atoms with Crippen LogP contribution in [-0.2, 0) is 6.18 Å². The maximum absolute atomic E-state index is 13.4. The monoisotopic (exact) mass is 396 g/mol. The van der Waals surface area contributed by atoms with Gasteiger partial charge in [-0.1, -0.05) is 30.3 Å². The van der Waals surface area contributed by atoms with Crippen molar-refractivity contribution in [2.75, 3.05) is 6.54 Å². The number of halogens is 3. The first kappa shape index (κ1) is 19.2. The molecule has 1 fully saturated rings. The second-order valence-electron chi connectivity index (χ2n) is 7.06. The van der Waals surface area contributed by atoms with E-state index in [9.17, 15) is 18.0 Å². The molecule has 0 aliphatic carbocycles. The van der Waals surface area contributed by atoms with Crippen LogP contribution in [0.25, 0.3) is 11.1 Å². The van der Waals surface area contributed by atoms with Gasteiger partial charge in [-0.3, -0.25) is 9.78 Å². The van der Waals surface area contributed by atoms with Crippen molar-refractivity contribution in [2.24, 2.45) is 0 Å². The van der Waals surface area contributed by atoms with E-state index in [0.29, 0.717) is 23.2 Å². The lowest BCUT2D eigenvalue weighted by molar-refractivity contribution is -0.137. The van der Waals surface area contributed by atoms with E-state index in [0.717, 1.165) is 30.5 Å². The molecule has 3 aromatic rings. The number of aromatic nitrogens is 1. The molecule has 1 aliphatic rings. The molecule has 0 saturated carbocycles. The van der Waals surface area contributed by atoms with Gasteiger partial charge in [0.15, 0.2) is 0 Å². The molecular weight excluding hydrogens is 377 g/mol. The Morgan fingerprint density at radius 3 is 2.34 bits per heavy atom. The van der Waals surface area contributed by atoms with Gasteiger partial charge >= 0.3 is 6.18 Å². The third-order valence-corrected chi connectivity index (χ3v) is 5.29. The Balaban J connectivity index is 1.67. The number of pyridine rings is 1. The molecule has 29 heavy (non-hydrogen) atoms. The van der Waals surface area contributed by atoms with Crippen LogP contribution in [0.4, 0.5) is 13.2 Å². The molecule has 2 aromatic carbocycles. The number of alkyl halides is 3.